The molecule has 13 heteroatoms. The molecule has 228 valence electrons. The minimum absolute atomic E-state index is 0.102. The van der Waals surface area contributed by atoms with Crippen LogP contribution in [-0.2, 0) is 28.8 Å². The number of thiazole rings is 1. The van der Waals surface area contributed by atoms with Gasteiger partial charge < -0.3 is 9.15 Å². The van der Waals surface area contributed by atoms with Gasteiger partial charge in [-0.3, -0.25) is 9.27 Å². The van der Waals surface area contributed by atoms with Crippen LogP contribution >= 0.6 is 11.3 Å². The summed E-state index contributed by atoms with van der Waals surface area (Å²) >= 11 is -1.17. The highest BCUT2D eigenvalue weighted by Gasteiger charge is 2.30. The molecule has 0 aliphatic heterocycles. The Labute approximate surface area is 258 Å². The van der Waals surface area contributed by atoms with Crippen molar-refractivity contribution < 1.29 is 31.5 Å². The third-order valence-corrected chi connectivity index (χ3v) is 8.49. The molecule has 1 aliphatic rings. The van der Waals surface area contributed by atoms with Crippen molar-refractivity contribution in [3.05, 3.63) is 93.8 Å². The van der Waals surface area contributed by atoms with Crippen LogP contribution in [0.4, 0.5) is 14.5 Å². The summed E-state index contributed by atoms with van der Waals surface area (Å²) < 4.78 is 65.0. The summed E-state index contributed by atoms with van der Waals surface area (Å²) in [5, 5.41) is 7.07. The lowest BCUT2D eigenvalue weighted by molar-refractivity contribution is 0.0520. The molecule has 9 nitrogen and oxygen atoms in total. The summed E-state index contributed by atoms with van der Waals surface area (Å²) in [5.74, 6) is -0.207. The number of carbonyl (C=O) groups excluding carboxylic acids is 1. The maximum Gasteiger partial charge on any atom is 0.357 e. The van der Waals surface area contributed by atoms with Gasteiger partial charge >= 0.3 is 5.97 Å². The molecule has 44 heavy (non-hydrogen) atoms. The molecule has 1 fully saturated rings. The standard InChI is InChI=1S/C31H28F2N4O5S2/c1-3-41-30(38)26-16-43-31(34-26)37-27(14-18-5-6-18)22(12-19-7-10-25(24(33)13-19)36-44(39)40)29(35-37)20-8-9-23(32)21(15-20)28-11-4-17(2)42-28/h4,7-11,13,15-16,18,36H,3,5-6,12,14H2,1-2H3,(H,39,40). The predicted molar refractivity (Wildman–Crippen MR) is 163 cm³/mol. The molecule has 0 saturated heterocycles. The number of halogens is 2. The lowest BCUT2D eigenvalue weighted by atomic mass is 9.95. The van der Waals surface area contributed by atoms with Gasteiger partial charge in [-0.2, -0.15) is 5.10 Å². The lowest BCUT2D eigenvalue weighted by Crippen LogP contribution is -2.08. The van der Waals surface area contributed by atoms with Gasteiger partial charge in [0.1, 0.15) is 23.2 Å². The van der Waals surface area contributed by atoms with E-state index < -0.39 is 28.9 Å². The first-order valence-electron chi connectivity index (χ1n) is 14.0. The molecule has 3 aromatic heterocycles. The summed E-state index contributed by atoms with van der Waals surface area (Å²) in [7, 11) is 0. The van der Waals surface area contributed by atoms with E-state index in [1.807, 2.05) is 0 Å². The molecule has 3 heterocycles. The first-order valence-corrected chi connectivity index (χ1v) is 15.9. The molecule has 6 rings (SSSR count). The van der Waals surface area contributed by atoms with Gasteiger partial charge in [0.05, 0.1) is 29.2 Å². The lowest BCUT2D eigenvalue weighted by Gasteiger charge is -2.11. The van der Waals surface area contributed by atoms with Crippen molar-refractivity contribution in [2.75, 3.05) is 11.3 Å². The van der Waals surface area contributed by atoms with Crippen molar-refractivity contribution in [2.24, 2.45) is 5.92 Å². The number of carbonyl (C=O) groups is 1. The number of anilines is 1. The Balaban J connectivity index is 1.50. The zero-order valence-electron chi connectivity index (χ0n) is 23.8. The van der Waals surface area contributed by atoms with E-state index in [1.54, 1.807) is 54.2 Å². The van der Waals surface area contributed by atoms with Crippen molar-refractivity contribution in [2.45, 2.75) is 39.5 Å². The zero-order valence-corrected chi connectivity index (χ0v) is 25.4. The van der Waals surface area contributed by atoms with Crippen molar-refractivity contribution >= 4 is 34.3 Å². The molecule has 1 saturated carbocycles. The molecule has 1 unspecified atom stereocenters. The summed E-state index contributed by atoms with van der Waals surface area (Å²) in [6.07, 6.45) is 3.04. The summed E-state index contributed by atoms with van der Waals surface area (Å²) in [6, 6.07) is 12.5. The number of aryl methyl sites for hydroxylation is 1. The fourth-order valence-corrected chi connectivity index (χ4v) is 6.14. The minimum atomic E-state index is -2.42. The van der Waals surface area contributed by atoms with Gasteiger partial charge in [-0.05, 0) is 87.1 Å². The van der Waals surface area contributed by atoms with Gasteiger partial charge in [-0.25, -0.2) is 27.5 Å². The predicted octanol–water partition coefficient (Wildman–Crippen LogP) is 7.11. The molecule has 0 spiro atoms. The molecule has 2 aromatic carbocycles. The minimum Gasteiger partial charge on any atom is -0.461 e. The van der Waals surface area contributed by atoms with E-state index in [1.165, 1.54) is 29.5 Å². The third kappa shape index (κ3) is 6.35. The van der Waals surface area contributed by atoms with Crippen LogP contribution < -0.4 is 4.72 Å². The number of aromatic nitrogens is 3. The summed E-state index contributed by atoms with van der Waals surface area (Å²) in [6.45, 7) is 3.72. The smallest absolute Gasteiger partial charge is 0.357 e. The first-order chi connectivity index (χ1) is 21.2. The molecular formula is C31H28F2N4O5S2. The number of ether oxygens (including phenoxy) is 1. The van der Waals surface area contributed by atoms with Crippen molar-refractivity contribution in [1.29, 1.82) is 0 Å². The number of esters is 1. The molecule has 1 atom stereocenters. The number of rotatable bonds is 11. The molecule has 0 radical (unpaired) electrons. The quantitative estimate of drug-likeness (QED) is 0.117. The molecule has 0 amide bonds. The maximum absolute atomic E-state index is 15.0. The van der Waals surface area contributed by atoms with Gasteiger partial charge in [0.15, 0.2) is 5.69 Å². The van der Waals surface area contributed by atoms with Crippen LogP contribution in [0.3, 0.4) is 0 Å². The summed E-state index contributed by atoms with van der Waals surface area (Å²) in [5.41, 5.74) is 3.77. The second-order valence-electron chi connectivity index (χ2n) is 10.5. The first kappa shape index (κ1) is 29.9. The number of hydrogen-bond acceptors (Lipinski definition) is 7. The van der Waals surface area contributed by atoms with E-state index in [0.717, 1.165) is 24.1 Å². The van der Waals surface area contributed by atoms with Gasteiger partial charge in [0, 0.05) is 22.9 Å². The van der Waals surface area contributed by atoms with Gasteiger partial charge in [0.2, 0.25) is 5.13 Å². The highest BCUT2D eigenvalue weighted by Crippen LogP contribution is 2.39. The van der Waals surface area contributed by atoms with Crippen LogP contribution in [0.15, 0.2) is 58.3 Å². The van der Waals surface area contributed by atoms with Crippen molar-refractivity contribution in [3.63, 3.8) is 0 Å². The fraction of sp³-hybridized carbons (Fsp3) is 0.258. The van der Waals surface area contributed by atoms with E-state index in [0.29, 0.717) is 45.8 Å². The second-order valence-corrected chi connectivity index (χ2v) is 12.1. The monoisotopic (exact) mass is 638 g/mol. The molecule has 1 aliphatic carbocycles. The van der Waals surface area contributed by atoms with E-state index in [9.17, 15) is 13.4 Å². The molecule has 0 bridgehead atoms. The normalized spacial score (nSPS) is 13.7. The Bertz CT molecular complexity index is 1880. The Kier molecular flexibility index (Phi) is 8.43. The average molecular weight is 639 g/mol. The van der Waals surface area contributed by atoms with Crippen LogP contribution in [0.2, 0.25) is 0 Å². The van der Waals surface area contributed by atoms with Gasteiger partial charge in [-0.1, -0.05) is 6.07 Å². The maximum atomic E-state index is 15.0. The zero-order chi connectivity index (χ0) is 31.0. The van der Waals surface area contributed by atoms with E-state index in [-0.39, 0.29) is 30.0 Å². The topological polar surface area (TPSA) is 119 Å². The van der Waals surface area contributed by atoms with Gasteiger partial charge in [-0.15, -0.1) is 11.3 Å². The van der Waals surface area contributed by atoms with Crippen LogP contribution in [-0.4, -0.2) is 36.1 Å². The van der Waals surface area contributed by atoms with Crippen molar-refractivity contribution in [3.8, 4) is 27.7 Å². The van der Waals surface area contributed by atoms with E-state index >= 15 is 4.39 Å². The number of furan rings is 1. The van der Waals surface area contributed by atoms with Crippen LogP contribution in [0.1, 0.15) is 52.8 Å². The molecular weight excluding hydrogens is 610 g/mol. The average Bonchev–Trinajstić information content (AvgIpc) is 3.33. The highest BCUT2D eigenvalue weighted by atomic mass is 32.2. The number of benzene rings is 2. The Morgan fingerprint density at radius 2 is 2.00 bits per heavy atom. The second kappa shape index (κ2) is 12.4. The Morgan fingerprint density at radius 1 is 1.18 bits per heavy atom. The van der Waals surface area contributed by atoms with Crippen LogP contribution in [0, 0.1) is 24.5 Å². The largest absolute Gasteiger partial charge is 0.461 e. The number of hydrogen-bond donors (Lipinski definition) is 2. The highest BCUT2D eigenvalue weighted by molar-refractivity contribution is 7.80. The van der Waals surface area contributed by atoms with Crippen LogP contribution in [0.5, 0.6) is 0 Å². The Morgan fingerprint density at radius 3 is 2.68 bits per heavy atom. The van der Waals surface area contributed by atoms with Gasteiger partial charge in [0.25, 0.3) is 11.3 Å². The van der Waals surface area contributed by atoms with E-state index in [2.05, 4.69) is 9.71 Å². The van der Waals surface area contributed by atoms with Crippen molar-refractivity contribution in [1.82, 2.24) is 14.8 Å². The van der Waals surface area contributed by atoms with E-state index in [4.69, 9.17) is 18.8 Å². The number of nitrogens with one attached hydrogen (secondary N) is 1. The summed E-state index contributed by atoms with van der Waals surface area (Å²) in [4.78, 5) is 16.9. The SMILES string of the molecule is CCOC(=O)c1csc(-n2nc(-c3ccc(F)c(-c4ccc(C)o4)c3)c(Cc3ccc(NS(=O)O)c(F)c3)c2CC2CC2)n1. The van der Waals surface area contributed by atoms with Crippen LogP contribution in [0.25, 0.3) is 27.7 Å². The fourth-order valence-electron chi connectivity index (χ4n) is 5.02. The Hall–Kier alpha value is -4.20. The molecule has 2 N–H and O–H groups in total. The molecule has 5 aromatic rings. The third-order valence-electron chi connectivity index (χ3n) is 7.28. The number of nitrogens with zero attached hydrogens (tertiary/aromatic N) is 3.